The average molecular weight is 334 g/mol. The summed E-state index contributed by atoms with van der Waals surface area (Å²) in [5, 5.41) is 31.5. The van der Waals surface area contributed by atoms with E-state index in [1.165, 1.54) is 13.8 Å². The zero-order valence-electron chi connectivity index (χ0n) is 9.17. The van der Waals surface area contributed by atoms with Crippen LogP contribution in [0.15, 0.2) is 0 Å². The van der Waals surface area contributed by atoms with Crippen LogP contribution >= 0.6 is 0 Å². The number of hydrogen-bond acceptors (Lipinski definition) is 6. The van der Waals surface area contributed by atoms with Gasteiger partial charge in [0.05, 0.1) is 0 Å². The third kappa shape index (κ3) is 46.9. The smallest absolute Gasteiger partial charge is 0 e. The molecule has 0 amide bonds. The minimum atomic E-state index is -1.23. The topological polar surface area (TPSA) is 185 Å². The summed E-state index contributed by atoms with van der Waals surface area (Å²) in [4.78, 5) is 18.9. The van der Waals surface area contributed by atoms with Crippen LogP contribution in [-0.2, 0) is 53.0 Å². The first-order valence-corrected chi connectivity index (χ1v) is 3.10. The maximum Gasteiger partial charge on any atom is 0 e. The molecule has 98 valence electrons. The Bertz CT molecular complexity index is 155. The van der Waals surface area contributed by atoms with Crippen LogP contribution < -0.4 is 12.3 Å². The standard InChI is InChI=1S/2C3H6O3.2H3N.Na.2Ti.H/c2*1-2(4)3(5)6;;;;;;/h2*2,4H,1H3,(H,5,6);2*1H3;;;;. The van der Waals surface area contributed by atoms with Crippen molar-refractivity contribution in [1.29, 1.82) is 0 Å². The van der Waals surface area contributed by atoms with Crippen molar-refractivity contribution in [3.63, 3.8) is 0 Å². The molecule has 2 unspecified atom stereocenters. The normalized spacial score (nSPS) is 9.65. The molecular formula is C6H19N2NaO6Ti2. The van der Waals surface area contributed by atoms with Gasteiger partial charge in [-0.05, 0) is 13.8 Å². The summed E-state index contributed by atoms with van der Waals surface area (Å²) in [6.45, 7) is 2.39. The van der Waals surface area contributed by atoms with Crippen LogP contribution in [0.4, 0.5) is 0 Å². The van der Waals surface area contributed by atoms with Gasteiger partial charge < -0.3 is 32.7 Å². The fraction of sp³-hybridized carbons (Fsp3) is 0.667. The van der Waals surface area contributed by atoms with Crippen molar-refractivity contribution in [3.8, 4) is 0 Å². The van der Waals surface area contributed by atoms with Gasteiger partial charge in [0.1, 0.15) is 12.2 Å². The van der Waals surface area contributed by atoms with Gasteiger partial charge in [-0.1, -0.05) is 0 Å². The molecule has 0 radical (unpaired) electrons. The van der Waals surface area contributed by atoms with Gasteiger partial charge >= 0.3 is 41.5 Å². The van der Waals surface area contributed by atoms with Crippen molar-refractivity contribution in [2.75, 3.05) is 0 Å². The van der Waals surface area contributed by atoms with Gasteiger partial charge in [0.2, 0.25) is 0 Å². The number of aliphatic hydroxyl groups excluding tert-OH is 2. The van der Waals surface area contributed by atoms with Crippen molar-refractivity contribution >= 4 is 41.5 Å². The molecule has 11 heteroatoms. The van der Waals surface area contributed by atoms with Gasteiger partial charge in [-0.15, -0.1) is 0 Å². The van der Waals surface area contributed by atoms with E-state index in [0.29, 0.717) is 0 Å². The molecule has 17 heavy (non-hydrogen) atoms. The zero-order chi connectivity index (χ0) is 10.3. The predicted octanol–water partition coefficient (Wildman–Crippen LogP) is -1.43. The van der Waals surface area contributed by atoms with Crippen LogP contribution in [0, 0.1) is 0 Å². The summed E-state index contributed by atoms with van der Waals surface area (Å²) in [6.07, 6.45) is -2.46. The van der Waals surface area contributed by atoms with Gasteiger partial charge in [0.25, 0.3) is 0 Å². The SMILES string of the molecule is CC(O)C(=O)O.CC(O)C(=O)O.N.N.[NaH].[Ti].[Ti]. The molecule has 0 spiro atoms. The Morgan fingerprint density at radius 3 is 0.882 bits per heavy atom. The second kappa shape index (κ2) is 25.9. The van der Waals surface area contributed by atoms with Gasteiger partial charge in [-0.3, -0.25) is 0 Å². The molecule has 0 heterocycles. The monoisotopic (exact) mass is 334 g/mol. The Kier molecular flexibility index (Phi) is 65.4. The number of carboxylic acids is 2. The van der Waals surface area contributed by atoms with Crippen molar-refractivity contribution in [2.24, 2.45) is 0 Å². The van der Waals surface area contributed by atoms with Crippen molar-refractivity contribution < 1.29 is 73.5 Å². The molecule has 0 aliphatic rings. The van der Waals surface area contributed by atoms with Gasteiger partial charge in [-0.25, -0.2) is 9.59 Å². The Morgan fingerprint density at radius 2 is 0.882 bits per heavy atom. The molecule has 0 saturated heterocycles. The molecule has 0 rings (SSSR count). The fourth-order valence-electron chi connectivity index (χ4n) is 0. The van der Waals surface area contributed by atoms with E-state index in [2.05, 4.69) is 0 Å². The summed E-state index contributed by atoms with van der Waals surface area (Å²) in [5.41, 5.74) is 0. The first kappa shape index (κ1) is 42.9. The van der Waals surface area contributed by atoms with Crippen LogP contribution in [0.5, 0.6) is 0 Å². The number of carbonyl (C=O) groups is 2. The molecular weight excluding hydrogens is 315 g/mol. The number of aliphatic hydroxyl groups is 2. The zero-order valence-corrected chi connectivity index (χ0v) is 12.3. The van der Waals surface area contributed by atoms with Crippen LogP contribution in [0.2, 0.25) is 0 Å². The summed E-state index contributed by atoms with van der Waals surface area (Å²) < 4.78 is 0. The minimum absolute atomic E-state index is 0. The van der Waals surface area contributed by atoms with Gasteiger partial charge in [0, 0.05) is 43.4 Å². The van der Waals surface area contributed by atoms with Crippen LogP contribution in [-0.4, -0.2) is 74.1 Å². The van der Waals surface area contributed by atoms with E-state index in [1.54, 1.807) is 0 Å². The van der Waals surface area contributed by atoms with E-state index >= 15 is 0 Å². The van der Waals surface area contributed by atoms with E-state index in [0.717, 1.165) is 0 Å². The number of carboxylic acid groups (broad SMARTS) is 2. The van der Waals surface area contributed by atoms with Crippen molar-refractivity contribution in [2.45, 2.75) is 26.1 Å². The molecule has 0 aromatic heterocycles. The van der Waals surface area contributed by atoms with Crippen molar-refractivity contribution in [1.82, 2.24) is 12.3 Å². The van der Waals surface area contributed by atoms with E-state index < -0.39 is 24.1 Å². The minimum Gasteiger partial charge on any atom is 0 e. The molecule has 2 atom stereocenters. The summed E-state index contributed by atoms with van der Waals surface area (Å²) in [5.74, 6) is -2.37. The van der Waals surface area contributed by atoms with E-state index in [-0.39, 0.29) is 85.3 Å². The second-order valence-electron chi connectivity index (χ2n) is 2.03. The predicted molar refractivity (Wildman–Crippen MR) is 55.8 cm³/mol. The maximum atomic E-state index is 9.45. The van der Waals surface area contributed by atoms with Crippen LogP contribution in [0.25, 0.3) is 0 Å². The Balaban J connectivity index is -0.0000000182. The third-order valence-corrected chi connectivity index (χ3v) is 0.715. The Morgan fingerprint density at radius 1 is 0.824 bits per heavy atom. The molecule has 0 saturated carbocycles. The fourth-order valence-corrected chi connectivity index (χ4v) is 0. The summed E-state index contributed by atoms with van der Waals surface area (Å²) in [6, 6.07) is 0. The molecule has 0 aliphatic carbocycles. The quantitative estimate of drug-likeness (QED) is 0.332. The Labute approximate surface area is 152 Å². The van der Waals surface area contributed by atoms with E-state index in [1.807, 2.05) is 0 Å². The molecule has 0 aliphatic heterocycles. The Hall–Kier alpha value is 1.21. The number of hydrogen-bond donors (Lipinski definition) is 6. The third-order valence-electron chi connectivity index (χ3n) is 0.715. The molecule has 0 aromatic rings. The second-order valence-corrected chi connectivity index (χ2v) is 2.03. The summed E-state index contributed by atoms with van der Waals surface area (Å²) >= 11 is 0. The number of rotatable bonds is 2. The summed E-state index contributed by atoms with van der Waals surface area (Å²) in [7, 11) is 0. The largest absolute Gasteiger partial charge is 0 e. The maximum absolute atomic E-state index is 9.45. The van der Waals surface area contributed by atoms with E-state index in [9.17, 15) is 9.59 Å². The molecule has 0 fully saturated rings. The molecule has 0 bridgehead atoms. The van der Waals surface area contributed by atoms with Crippen molar-refractivity contribution in [3.05, 3.63) is 0 Å². The molecule has 0 aromatic carbocycles. The van der Waals surface area contributed by atoms with E-state index in [4.69, 9.17) is 20.4 Å². The number of aliphatic carboxylic acids is 2. The molecule has 8 nitrogen and oxygen atoms in total. The van der Waals surface area contributed by atoms with Gasteiger partial charge in [0.15, 0.2) is 0 Å². The first-order chi connectivity index (χ1) is 5.29. The van der Waals surface area contributed by atoms with Crippen LogP contribution in [0.1, 0.15) is 13.8 Å². The first-order valence-electron chi connectivity index (χ1n) is 3.10. The van der Waals surface area contributed by atoms with Gasteiger partial charge in [-0.2, -0.15) is 0 Å². The molecule has 10 N–H and O–H groups in total. The van der Waals surface area contributed by atoms with Crippen LogP contribution in [0.3, 0.4) is 0 Å². The average Bonchev–Trinajstić information content (AvgIpc) is 1.88.